The van der Waals surface area contributed by atoms with E-state index in [1.807, 2.05) is 23.6 Å². The maximum absolute atomic E-state index is 12.0. The Morgan fingerprint density at radius 3 is 2.61 bits per heavy atom. The van der Waals surface area contributed by atoms with Crippen LogP contribution in [0.25, 0.3) is 10.9 Å². The van der Waals surface area contributed by atoms with Gasteiger partial charge in [-0.1, -0.05) is 11.6 Å². The summed E-state index contributed by atoms with van der Waals surface area (Å²) in [5.74, 6) is 0. The van der Waals surface area contributed by atoms with E-state index in [0.717, 1.165) is 22.9 Å². The van der Waals surface area contributed by atoms with E-state index in [9.17, 15) is 4.79 Å². The van der Waals surface area contributed by atoms with Crippen LogP contribution < -0.4 is 11.3 Å². The van der Waals surface area contributed by atoms with Crippen molar-refractivity contribution in [2.75, 3.05) is 6.54 Å². The number of hydrogen-bond acceptors (Lipinski definition) is 2. The number of halogens is 1. The molecule has 0 aliphatic carbocycles. The Bertz CT molecular complexity index is 605. The van der Waals surface area contributed by atoms with Crippen LogP contribution in [0.2, 0.25) is 0 Å². The van der Waals surface area contributed by atoms with Gasteiger partial charge in [-0.15, -0.1) is 12.4 Å². The molecule has 0 aliphatic rings. The third kappa shape index (κ3) is 2.74. The van der Waals surface area contributed by atoms with Gasteiger partial charge in [0.05, 0.1) is 5.52 Å². The standard InChI is InChI=1S/C14H18N2O.ClH/c1-10-4-5-13-12(8-10)11(2)9-14(17)16(13)7-3-6-15;/h4-5,8-9H,3,6-7,15H2,1-2H3;1H. The van der Waals surface area contributed by atoms with Crippen LogP contribution in [0.1, 0.15) is 17.5 Å². The minimum absolute atomic E-state index is 0. The summed E-state index contributed by atoms with van der Waals surface area (Å²) in [6.07, 6.45) is 0.825. The molecule has 0 aliphatic heterocycles. The van der Waals surface area contributed by atoms with Crippen molar-refractivity contribution >= 4 is 23.3 Å². The molecule has 4 heteroatoms. The lowest BCUT2D eigenvalue weighted by atomic mass is 10.1. The first-order chi connectivity index (χ1) is 8.13. The second kappa shape index (κ2) is 6.03. The van der Waals surface area contributed by atoms with Crippen molar-refractivity contribution in [2.45, 2.75) is 26.8 Å². The number of pyridine rings is 1. The molecule has 0 fully saturated rings. The monoisotopic (exact) mass is 266 g/mol. The maximum atomic E-state index is 12.0. The molecule has 0 spiro atoms. The second-order valence-corrected chi connectivity index (χ2v) is 4.48. The van der Waals surface area contributed by atoms with Gasteiger partial charge in [-0.25, -0.2) is 0 Å². The van der Waals surface area contributed by atoms with Gasteiger partial charge in [0.2, 0.25) is 0 Å². The molecule has 98 valence electrons. The molecule has 1 heterocycles. The number of hydrogen-bond donors (Lipinski definition) is 1. The largest absolute Gasteiger partial charge is 0.330 e. The Labute approximate surface area is 113 Å². The van der Waals surface area contributed by atoms with Gasteiger partial charge >= 0.3 is 0 Å². The van der Waals surface area contributed by atoms with Crippen molar-refractivity contribution in [1.29, 1.82) is 0 Å². The minimum atomic E-state index is 0. The molecule has 0 radical (unpaired) electrons. The lowest BCUT2D eigenvalue weighted by molar-refractivity contribution is 0.650. The highest BCUT2D eigenvalue weighted by Crippen LogP contribution is 2.18. The van der Waals surface area contributed by atoms with Gasteiger partial charge in [0.1, 0.15) is 0 Å². The van der Waals surface area contributed by atoms with Gasteiger partial charge in [-0.3, -0.25) is 4.79 Å². The van der Waals surface area contributed by atoms with Crippen LogP contribution in [-0.2, 0) is 6.54 Å². The molecule has 0 saturated carbocycles. The number of aromatic nitrogens is 1. The molecule has 2 aromatic rings. The zero-order valence-corrected chi connectivity index (χ0v) is 11.6. The van der Waals surface area contributed by atoms with E-state index < -0.39 is 0 Å². The van der Waals surface area contributed by atoms with Crippen molar-refractivity contribution in [1.82, 2.24) is 4.57 Å². The molecule has 2 N–H and O–H groups in total. The summed E-state index contributed by atoms with van der Waals surface area (Å²) in [7, 11) is 0. The predicted octanol–water partition coefficient (Wildman–Crippen LogP) is 2.39. The lowest BCUT2D eigenvalue weighted by Gasteiger charge is -2.12. The van der Waals surface area contributed by atoms with Gasteiger partial charge in [0, 0.05) is 18.0 Å². The zero-order chi connectivity index (χ0) is 12.4. The number of rotatable bonds is 3. The molecule has 1 aromatic heterocycles. The molecule has 0 atom stereocenters. The first kappa shape index (κ1) is 14.7. The Morgan fingerprint density at radius 1 is 1.22 bits per heavy atom. The Kier molecular flexibility index (Phi) is 4.93. The summed E-state index contributed by atoms with van der Waals surface area (Å²) in [6.45, 7) is 5.34. The predicted molar refractivity (Wildman–Crippen MR) is 78.6 cm³/mol. The summed E-state index contributed by atoms with van der Waals surface area (Å²) in [6, 6.07) is 7.90. The number of fused-ring (bicyclic) bond motifs is 1. The third-order valence-electron chi connectivity index (χ3n) is 3.06. The average molecular weight is 267 g/mol. The Hall–Kier alpha value is -1.32. The highest BCUT2D eigenvalue weighted by molar-refractivity contribution is 5.85. The number of aryl methyl sites for hydroxylation is 3. The smallest absolute Gasteiger partial charge is 0.251 e. The van der Waals surface area contributed by atoms with Crippen LogP contribution in [0.15, 0.2) is 29.1 Å². The van der Waals surface area contributed by atoms with Crippen molar-refractivity contribution < 1.29 is 0 Å². The van der Waals surface area contributed by atoms with Crippen molar-refractivity contribution in [3.63, 3.8) is 0 Å². The fourth-order valence-corrected chi connectivity index (χ4v) is 2.14. The van der Waals surface area contributed by atoms with Crippen LogP contribution in [-0.4, -0.2) is 11.1 Å². The topological polar surface area (TPSA) is 48.0 Å². The molecular formula is C14H19ClN2O. The molecule has 0 unspecified atom stereocenters. The van der Waals surface area contributed by atoms with Gasteiger partial charge in [0.25, 0.3) is 5.56 Å². The molecule has 0 bridgehead atoms. The van der Waals surface area contributed by atoms with E-state index in [4.69, 9.17) is 5.73 Å². The highest BCUT2D eigenvalue weighted by Gasteiger charge is 2.05. The van der Waals surface area contributed by atoms with Gasteiger partial charge in [-0.2, -0.15) is 0 Å². The second-order valence-electron chi connectivity index (χ2n) is 4.48. The molecule has 0 amide bonds. The number of nitrogens with two attached hydrogens (primary N) is 1. The van der Waals surface area contributed by atoms with E-state index in [1.165, 1.54) is 5.56 Å². The van der Waals surface area contributed by atoms with E-state index in [2.05, 4.69) is 13.0 Å². The summed E-state index contributed by atoms with van der Waals surface area (Å²) in [4.78, 5) is 12.0. The molecule has 18 heavy (non-hydrogen) atoms. The zero-order valence-electron chi connectivity index (χ0n) is 10.8. The van der Waals surface area contributed by atoms with Crippen LogP contribution in [0, 0.1) is 13.8 Å². The van der Waals surface area contributed by atoms with E-state index >= 15 is 0 Å². The van der Waals surface area contributed by atoms with Crippen LogP contribution in [0.3, 0.4) is 0 Å². The summed E-state index contributed by atoms with van der Waals surface area (Å²) >= 11 is 0. The maximum Gasteiger partial charge on any atom is 0.251 e. The number of benzene rings is 1. The van der Waals surface area contributed by atoms with Gasteiger partial charge in [-0.05, 0) is 44.5 Å². The van der Waals surface area contributed by atoms with E-state index in [1.54, 1.807) is 6.07 Å². The summed E-state index contributed by atoms with van der Waals surface area (Å²) in [5, 5.41) is 1.15. The van der Waals surface area contributed by atoms with Gasteiger partial charge in [0.15, 0.2) is 0 Å². The van der Waals surface area contributed by atoms with Crippen molar-refractivity contribution in [2.24, 2.45) is 5.73 Å². The highest BCUT2D eigenvalue weighted by atomic mass is 35.5. The molecule has 1 aromatic carbocycles. The fourth-order valence-electron chi connectivity index (χ4n) is 2.14. The van der Waals surface area contributed by atoms with Crippen molar-refractivity contribution in [3.8, 4) is 0 Å². The first-order valence-electron chi connectivity index (χ1n) is 5.94. The molecular weight excluding hydrogens is 248 g/mol. The molecule has 2 rings (SSSR count). The normalized spacial score (nSPS) is 10.4. The van der Waals surface area contributed by atoms with Crippen LogP contribution in [0.5, 0.6) is 0 Å². The minimum Gasteiger partial charge on any atom is -0.330 e. The summed E-state index contributed by atoms with van der Waals surface area (Å²) < 4.78 is 1.81. The van der Waals surface area contributed by atoms with E-state index in [-0.39, 0.29) is 18.0 Å². The van der Waals surface area contributed by atoms with Gasteiger partial charge < -0.3 is 10.3 Å². The quantitative estimate of drug-likeness (QED) is 0.927. The fraction of sp³-hybridized carbons (Fsp3) is 0.357. The Balaban J connectivity index is 0.00000162. The van der Waals surface area contributed by atoms with E-state index in [0.29, 0.717) is 13.1 Å². The third-order valence-corrected chi connectivity index (χ3v) is 3.06. The molecule has 0 saturated heterocycles. The first-order valence-corrected chi connectivity index (χ1v) is 5.94. The average Bonchev–Trinajstić information content (AvgIpc) is 2.29. The summed E-state index contributed by atoms with van der Waals surface area (Å²) in [5.41, 5.74) is 8.83. The SMILES string of the molecule is Cc1ccc2c(c1)c(C)cc(=O)n2CCCN.Cl. The van der Waals surface area contributed by atoms with Crippen LogP contribution in [0.4, 0.5) is 0 Å². The molecule has 3 nitrogen and oxygen atoms in total. The van der Waals surface area contributed by atoms with Crippen LogP contribution >= 0.6 is 12.4 Å². The lowest BCUT2D eigenvalue weighted by Crippen LogP contribution is -2.21. The Morgan fingerprint density at radius 2 is 1.94 bits per heavy atom. The number of nitrogens with zero attached hydrogens (tertiary/aromatic N) is 1. The van der Waals surface area contributed by atoms with Crippen molar-refractivity contribution in [3.05, 3.63) is 45.7 Å².